The molecule has 1 aromatic carbocycles. The van der Waals surface area contributed by atoms with Gasteiger partial charge in [-0.1, -0.05) is 23.7 Å². The van der Waals surface area contributed by atoms with Gasteiger partial charge in [-0.15, -0.1) is 0 Å². The third kappa shape index (κ3) is 2.50. The smallest absolute Gasteiger partial charge is 0.449 e. The van der Waals surface area contributed by atoms with E-state index in [1.165, 1.54) is 0 Å². The van der Waals surface area contributed by atoms with Crippen molar-refractivity contribution in [3.05, 3.63) is 35.4 Å². The number of aromatic nitrogens is 1. The number of carboxylic acid groups (broad SMARTS) is 1. The Morgan fingerprint density at radius 3 is 2.69 bits per heavy atom. The molecule has 1 N–H and O–H groups in total. The lowest BCUT2D eigenvalue weighted by molar-refractivity contribution is 0.146. The summed E-state index contributed by atoms with van der Waals surface area (Å²) in [7, 11) is 0. The second-order valence-electron chi connectivity index (χ2n) is 2.91. The van der Waals surface area contributed by atoms with E-state index in [0.717, 1.165) is 17.1 Å². The summed E-state index contributed by atoms with van der Waals surface area (Å²) in [5.74, 6) is 0. The van der Waals surface area contributed by atoms with Gasteiger partial charge in [0.15, 0.2) is 0 Å². The predicted molar refractivity (Wildman–Crippen MR) is 61.2 cm³/mol. The fraction of sp³-hybridized carbons (Fsp3) is 0. The summed E-state index contributed by atoms with van der Waals surface area (Å²) in [5, 5.41) is 9.31. The SMILES string of the molecule is O=C(O)Oc1cc(-c2ccc(Cl)cc2)ns1. The molecule has 0 saturated carbocycles. The highest BCUT2D eigenvalue weighted by Gasteiger charge is 2.08. The Morgan fingerprint density at radius 2 is 2.06 bits per heavy atom. The van der Waals surface area contributed by atoms with Crippen molar-refractivity contribution in [2.24, 2.45) is 0 Å². The molecule has 0 aliphatic heterocycles. The number of rotatable bonds is 2. The molecule has 0 amide bonds. The maximum absolute atomic E-state index is 10.3. The molecule has 0 bridgehead atoms. The number of benzene rings is 1. The third-order valence-electron chi connectivity index (χ3n) is 1.82. The number of hydrogen-bond acceptors (Lipinski definition) is 4. The Hall–Kier alpha value is -1.59. The summed E-state index contributed by atoms with van der Waals surface area (Å²) < 4.78 is 8.57. The molecule has 0 spiro atoms. The molecule has 82 valence electrons. The Kier molecular flexibility index (Phi) is 3.07. The fourth-order valence-electron chi connectivity index (χ4n) is 1.15. The van der Waals surface area contributed by atoms with E-state index in [4.69, 9.17) is 16.7 Å². The number of nitrogens with zero attached hydrogens (tertiary/aromatic N) is 1. The standard InChI is InChI=1S/C10H6ClNO3S/c11-7-3-1-6(2-4-7)8-5-9(16-12-8)15-10(13)14/h1-5H,(H,13,14). The van der Waals surface area contributed by atoms with E-state index < -0.39 is 6.16 Å². The number of halogens is 1. The van der Waals surface area contributed by atoms with Crippen LogP contribution >= 0.6 is 23.1 Å². The number of hydrogen-bond donors (Lipinski definition) is 1. The van der Waals surface area contributed by atoms with Gasteiger partial charge in [-0.2, -0.15) is 4.37 Å². The molecule has 16 heavy (non-hydrogen) atoms. The first-order valence-corrected chi connectivity index (χ1v) is 5.44. The zero-order chi connectivity index (χ0) is 11.5. The summed E-state index contributed by atoms with van der Waals surface area (Å²) in [4.78, 5) is 10.3. The van der Waals surface area contributed by atoms with Gasteiger partial charge >= 0.3 is 6.16 Å². The van der Waals surface area contributed by atoms with Crippen LogP contribution in [0.5, 0.6) is 5.06 Å². The highest BCUT2D eigenvalue weighted by Crippen LogP contribution is 2.27. The number of ether oxygens (including phenoxy) is 1. The zero-order valence-electron chi connectivity index (χ0n) is 7.88. The molecular weight excluding hydrogens is 250 g/mol. The quantitative estimate of drug-likeness (QED) is 0.834. The molecule has 0 unspecified atom stereocenters. The maximum Gasteiger partial charge on any atom is 0.512 e. The molecule has 2 aromatic rings. The molecule has 1 aromatic heterocycles. The minimum Gasteiger partial charge on any atom is -0.449 e. The Balaban J connectivity index is 2.24. The molecule has 0 aliphatic rings. The van der Waals surface area contributed by atoms with Gasteiger partial charge in [0.1, 0.15) is 0 Å². The Bertz CT molecular complexity index is 509. The van der Waals surface area contributed by atoms with Gasteiger partial charge in [-0.05, 0) is 12.1 Å². The van der Waals surface area contributed by atoms with E-state index in [-0.39, 0.29) is 5.06 Å². The fourth-order valence-corrected chi connectivity index (χ4v) is 1.89. The average molecular weight is 256 g/mol. The molecule has 6 heteroatoms. The normalized spacial score (nSPS) is 10.1. The van der Waals surface area contributed by atoms with Crippen molar-refractivity contribution in [3.8, 4) is 16.3 Å². The molecule has 0 atom stereocenters. The van der Waals surface area contributed by atoms with E-state index >= 15 is 0 Å². The van der Waals surface area contributed by atoms with E-state index in [1.54, 1.807) is 18.2 Å². The van der Waals surface area contributed by atoms with Crippen LogP contribution in [0.3, 0.4) is 0 Å². The van der Waals surface area contributed by atoms with Crippen LogP contribution in [0.2, 0.25) is 5.02 Å². The molecular formula is C10H6ClNO3S. The summed E-state index contributed by atoms with van der Waals surface area (Å²) in [6, 6.07) is 8.67. The second-order valence-corrected chi connectivity index (χ2v) is 4.11. The molecule has 0 aliphatic carbocycles. The lowest BCUT2D eigenvalue weighted by Gasteiger charge is -1.95. The van der Waals surface area contributed by atoms with Crippen LogP contribution in [0.4, 0.5) is 4.79 Å². The minimum atomic E-state index is -1.34. The van der Waals surface area contributed by atoms with E-state index in [9.17, 15) is 4.79 Å². The van der Waals surface area contributed by atoms with Crippen molar-refractivity contribution in [1.82, 2.24) is 4.37 Å². The minimum absolute atomic E-state index is 0.248. The van der Waals surface area contributed by atoms with Crippen LogP contribution in [-0.4, -0.2) is 15.6 Å². The molecule has 2 rings (SSSR count). The first-order valence-electron chi connectivity index (χ1n) is 4.28. The van der Waals surface area contributed by atoms with Gasteiger partial charge in [0, 0.05) is 28.2 Å². The second kappa shape index (κ2) is 4.51. The topological polar surface area (TPSA) is 59.4 Å². The molecule has 1 heterocycles. The molecule has 0 radical (unpaired) electrons. The van der Waals surface area contributed by atoms with Crippen LogP contribution in [0.1, 0.15) is 0 Å². The Morgan fingerprint density at radius 1 is 1.38 bits per heavy atom. The van der Waals surface area contributed by atoms with Crippen molar-refractivity contribution in [2.45, 2.75) is 0 Å². The van der Waals surface area contributed by atoms with E-state index in [2.05, 4.69) is 9.11 Å². The van der Waals surface area contributed by atoms with Gasteiger partial charge < -0.3 is 9.84 Å². The lowest BCUT2D eigenvalue weighted by Crippen LogP contribution is -2.00. The van der Waals surface area contributed by atoms with Crippen LogP contribution in [0, 0.1) is 0 Å². The van der Waals surface area contributed by atoms with Crippen LogP contribution in [-0.2, 0) is 0 Å². The highest BCUT2D eigenvalue weighted by atomic mass is 35.5. The van der Waals surface area contributed by atoms with Gasteiger partial charge in [0.2, 0.25) is 5.06 Å². The van der Waals surface area contributed by atoms with E-state index in [1.807, 2.05) is 12.1 Å². The Labute approximate surface area is 100 Å². The van der Waals surface area contributed by atoms with Gasteiger partial charge in [-0.3, -0.25) is 0 Å². The summed E-state index contributed by atoms with van der Waals surface area (Å²) in [6.07, 6.45) is -1.34. The van der Waals surface area contributed by atoms with Gasteiger partial charge in [-0.25, -0.2) is 4.79 Å². The van der Waals surface area contributed by atoms with Crippen LogP contribution in [0.25, 0.3) is 11.3 Å². The third-order valence-corrected chi connectivity index (χ3v) is 2.74. The summed E-state index contributed by atoms with van der Waals surface area (Å²) >= 11 is 6.74. The molecule has 0 saturated heterocycles. The number of carbonyl (C=O) groups is 1. The molecule has 4 nitrogen and oxygen atoms in total. The zero-order valence-corrected chi connectivity index (χ0v) is 9.46. The van der Waals surface area contributed by atoms with Gasteiger partial charge in [0.05, 0.1) is 5.69 Å². The van der Waals surface area contributed by atoms with Crippen molar-refractivity contribution in [3.63, 3.8) is 0 Å². The predicted octanol–water partition coefficient (Wildman–Crippen LogP) is 3.52. The lowest BCUT2D eigenvalue weighted by atomic mass is 10.2. The van der Waals surface area contributed by atoms with Crippen molar-refractivity contribution in [2.75, 3.05) is 0 Å². The van der Waals surface area contributed by atoms with E-state index in [0.29, 0.717) is 10.7 Å². The molecule has 0 fully saturated rings. The highest BCUT2D eigenvalue weighted by molar-refractivity contribution is 7.08. The summed E-state index contributed by atoms with van der Waals surface area (Å²) in [6.45, 7) is 0. The first kappa shape index (κ1) is 10.9. The largest absolute Gasteiger partial charge is 0.512 e. The summed E-state index contributed by atoms with van der Waals surface area (Å²) in [5.41, 5.74) is 1.53. The maximum atomic E-state index is 10.3. The first-order chi connectivity index (χ1) is 7.65. The van der Waals surface area contributed by atoms with Crippen molar-refractivity contribution in [1.29, 1.82) is 0 Å². The van der Waals surface area contributed by atoms with Crippen LogP contribution in [0.15, 0.2) is 30.3 Å². The average Bonchev–Trinajstić information content (AvgIpc) is 2.66. The van der Waals surface area contributed by atoms with Crippen LogP contribution < -0.4 is 4.74 Å². The van der Waals surface area contributed by atoms with Gasteiger partial charge in [0.25, 0.3) is 0 Å². The monoisotopic (exact) mass is 255 g/mol. The van der Waals surface area contributed by atoms with Crippen molar-refractivity contribution < 1.29 is 14.6 Å². The van der Waals surface area contributed by atoms with Crippen molar-refractivity contribution >= 4 is 29.3 Å².